The lowest BCUT2D eigenvalue weighted by Crippen LogP contribution is -2.41. The van der Waals surface area contributed by atoms with Gasteiger partial charge < -0.3 is 15.4 Å². The summed E-state index contributed by atoms with van der Waals surface area (Å²) in [7, 11) is 1.74. The molecule has 0 bridgehead atoms. The highest BCUT2D eigenvalue weighted by Gasteiger charge is 2.14. The van der Waals surface area contributed by atoms with Crippen molar-refractivity contribution in [3.05, 3.63) is 46.8 Å². The zero-order valence-corrected chi connectivity index (χ0v) is 17.2. The van der Waals surface area contributed by atoms with Crippen molar-refractivity contribution in [3.8, 4) is 0 Å². The number of nitrogens with one attached hydrogen (secondary N) is 2. The number of halogens is 1. The molecule has 0 radical (unpaired) electrons. The molecular formula is C20H24ClN5O3. The molecule has 1 aliphatic rings. The summed E-state index contributed by atoms with van der Waals surface area (Å²) in [6, 6.07) is 6.97. The number of morpholine rings is 1. The third-order valence-electron chi connectivity index (χ3n) is 4.50. The molecule has 2 heterocycles. The Morgan fingerprint density at radius 1 is 1.17 bits per heavy atom. The molecule has 1 aromatic carbocycles. The normalized spacial score (nSPS) is 14.9. The SMILES string of the molecule is Cc1nn(C)c(Cl)c1/C=C/C(=O)Nc1ccc(NC(=O)CN2CCOCC2)cc1. The molecular weight excluding hydrogens is 394 g/mol. The maximum atomic E-state index is 12.1. The van der Waals surface area contributed by atoms with Gasteiger partial charge in [0.1, 0.15) is 5.15 Å². The molecule has 1 aromatic heterocycles. The molecule has 0 spiro atoms. The van der Waals surface area contributed by atoms with Crippen molar-refractivity contribution in [2.24, 2.45) is 7.05 Å². The van der Waals surface area contributed by atoms with Gasteiger partial charge in [-0.3, -0.25) is 19.2 Å². The third-order valence-corrected chi connectivity index (χ3v) is 4.95. The van der Waals surface area contributed by atoms with Crippen molar-refractivity contribution in [2.45, 2.75) is 6.92 Å². The summed E-state index contributed by atoms with van der Waals surface area (Å²) >= 11 is 6.15. The molecule has 154 valence electrons. The van der Waals surface area contributed by atoms with E-state index >= 15 is 0 Å². The molecule has 1 fully saturated rings. The largest absolute Gasteiger partial charge is 0.379 e. The molecule has 2 aromatic rings. The van der Waals surface area contributed by atoms with Crippen LogP contribution in [0.3, 0.4) is 0 Å². The number of aryl methyl sites for hydroxylation is 2. The van der Waals surface area contributed by atoms with E-state index in [1.807, 2.05) is 6.92 Å². The van der Waals surface area contributed by atoms with Gasteiger partial charge in [-0.1, -0.05) is 11.6 Å². The van der Waals surface area contributed by atoms with E-state index in [0.29, 0.717) is 41.8 Å². The fourth-order valence-electron chi connectivity index (χ4n) is 2.98. The van der Waals surface area contributed by atoms with Crippen LogP contribution in [0.5, 0.6) is 0 Å². The third kappa shape index (κ3) is 5.90. The van der Waals surface area contributed by atoms with Gasteiger partial charge in [-0.15, -0.1) is 0 Å². The van der Waals surface area contributed by atoms with Crippen LogP contribution in [0.25, 0.3) is 6.08 Å². The van der Waals surface area contributed by atoms with Crippen molar-refractivity contribution < 1.29 is 14.3 Å². The van der Waals surface area contributed by atoms with E-state index in [2.05, 4.69) is 20.6 Å². The predicted octanol–water partition coefficient (Wildman–Crippen LogP) is 2.30. The minimum Gasteiger partial charge on any atom is -0.379 e. The number of amides is 2. The molecule has 0 atom stereocenters. The van der Waals surface area contributed by atoms with Crippen LogP contribution in [0.1, 0.15) is 11.3 Å². The topological polar surface area (TPSA) is 88.5 Å². The van der Waals surface area contributed by atoms with Crippen molar-refractivity contribution >= 4 is 40.9 Å². The number of carbonyl (C=O) groups excluding carboxylic acids is 2. The number of carbonyl (C=O) groups is 2. The van der Waals surface area contributed by atoms with E-state index in [1.165, 1.54) is 6.08 Å². The van der Waals surface area contributed by atoms with Gasteiger partial charge in [0, 0.05) is 43.2 Å². The van der Waals surface area contributed by atoms with Gasteiger partial charge >= 0.3 is 0 Å². The Morgan fingerprint density at radius 3 is 2.38 bits per heavy atom. The smallest absolute Gasteiger partial charge is 0.248 e. The molecule has 0 unspecified atom stereocenters. The lowest BCUT2D eigenvalue weighted by Gasteiger charge is -2.25. The number of hydrogen-bond acceptors (Lipinski definition) is 5. The van der Waals surface area contributed by atoms with E-state index in [9.17, 15) is 9.59 Å². The Kier molecular flexibility index (Phi) is 7.03. The van der Waals surface area contributed by atoms with Gasteiger partial charge in [-0.2, -0.15) is 5.10 Å². The Morgan fingerprint density at radius 2 is 1.79 bits per heavy atom. The number of rotatable bonds is 6. The molecule has 2 amide bonds. The van der Waals surface area contributed by atoms with Crippen molar-refractivity contribution in [1.29, 1.82) is 0 Å². The first kappa shape index (κ1) is 21.0. The Hall–Kier alpha value is -2.68. The molecule has 9 heteroatoms. The van der Waals surface area contributed by atoms with Crippen LogP contribution >= 0.6 is 11.6 Å². The summed E-state index contributed by atoms with van der Waals surface area (Å²) in [5.74, 6) is -0.358. The van der Waals surface area contributed by atoms with E-state index in [-0.39, 0.29) is 11.8 Å². The Labute approximate surface area is 174 Å². The average Bonchev–Trinajstić information content (AvgIpc) is 2.94. The zero-order valence-electron chi connectivity index (χ0n) is 16.4. The molecule has 0 aliphatic carbocycles. The van der Waals surface area contributed by atoms with Gasteiger partial charge in [-0.25, -0.2) is 0 Å². The monoisotopic (exact) mass is 417 g/mol. The second-order valence-corrected chi connectivity index (χ2v) is 7.11. The number of nitrogens with zero attached hydrogens (tertiary/aromatic N) is 3. The van der Waals surface area contributed by atoms with Gasteiger partial charge in [0.05, 0.1) is 25.5 Å². The summed E-state index contributed by atoms with van der Waals surface area (Å²) in [4.78, 5) is 26.3. The van der Waals surface area contributed by atoms with E-state index < -0.39 is 0 Å². The number of benzene rings is 1. The number of hydrogen-bond donors (Lipinski definition) is 2. The molecule has 8 nitrogen and oxygen atoms in total. The molecule has 2 N–H and O–H groups in total. The summed E-state index contributed by atoms with van der Waals surface area (Å²) in [5.41, 5.74) is 2.76. The number of aromatic nitrogens is 2. The van der Waals surface area contributed by atoms with Crippen LogP contribution in [0.15, 0.2) is 30.3 Å². The van der Waals surface area contributed by atoms with Crippen LogP contribution in [0, 0.1) is 6.92 Å². The quantitative estimate of drug-likeness (QED) is 0.704. The fraction of sp³-hybridized carbons (Fsp3) is 0.350. The summed E-state index contributed by atoms with van der Waals surface area (Å²) in [6.45, 7) is 5.00. The second-order valence-electron chi connectivity index (χ2n) is 6.75. The highest BCUT2D eigenvalue weighted by atomic mass is 35.5. The lowest BCUT2D eigenvalue weighted by molar-refractivity contribution is -0.118. The first-order valence-corrected chi connectivity index (χ1v) is 9.68. The van der Waals surface area contributed by atoms with Crippen LogP contribution in [-0.4, -0.2) is 59.3 Å². The van der Waals surface area contributed by atoms with Crippen LogP contribution < -0.4 is 10.6 Å². The number of ether oxygens (including phenoxy) is 1. The summed E-state index contributed by atoms with van der Waals surface area (Å²) in [5, 5.41) is 10.3. The predicted molar refractivity (Wildman–Crippen MR) is 113 cm³/mol. The number of anilines is 2. The Balaban J connectivity index is 1.51. The molecule has 29 heavy (non-hydrogen) atoms. The van der Waals surface area contributed by atoms with Crippen LogP contribution in [-0.2, 0) is 21.4 Å². The molecule has 1 aliphatic heterocycles. The van der Waals surface area contributed by atoms with Gasteiger partial charge in [0.25, 0.3) is 0 Å². The van der Waals surface area contributed by atoms with Crippen LogP contribution in [0.2, 0.25) is 5.15 Å². The maximum Gasteiger partial charge on any atom is 0.248 e. The van der Waals surface area contributed by atoms with Gasteiger partial charge in [0.15, 0.2) is 0 Å². The van der Waals surface area contributed by atoms with Crippen molar-refractivity contribution in [1.82, 2.24) is 14.7 Å². The first-order chi connectivity index (χ1) is 13.9. The first-order valence-electron chi connectivity index (χ1n) is 9.30. The van der Waals surface area contributed by atoms with Crippen molar-refractivity contribution in [2.75, 3.05) is 43.5 Å². The Bertz CT molecular complexity index is 902. The van der Waals surface area contributed by atoms with Crippen LogP contribution in [0.4, 0.5) is 11.4 Å². The highest BCUT2D eigenvalue weighted by Crippen LogP contribution is 2.20. The maximum absolute atomic E-state index is 12.1. The standard InChI is InChI=1S/C20H24ClN5O3/c1-14-17(20(21)25(2)24-14)7-8-18(27)22-15-3-5-16(6-4-15)23-19(28)13-26-9-11-29-12-10-26/h3-8H,9-13H2,1-2H3,(H,22,27)(H,23,28)/b8-7+. The zero-order chi connectivity index (χ0) is 20.8. The van der Waals surface area contributed by atoms with E-state index in [4.69, 9.17) is 16.3 Å². The highest BCUT2D eigenvalue weighted by molar-refractivity contribution is 6.31. The van der Waals surface area contributed by atoms with Gasteiger partial charge in [-0.05, 0) is 37.3 Å². The lowest BCUT2D eigenvalue weighted by atomic mass is 10.2. The van der Waals surface area contributed by atoms with Gasteiger partial charge in [0.2, 0.25) is 11.8 Å². The minimum absolute atomic E-state index is 0.0738. The molecule has 0 saturated carbocycles. The van der Waals surface area contributed by atoms with Crippen molar-refractivity contribution in [3.63, 3.8) is 0 Å². The molecule has 3 rings (SSSR count). The molecule has 1 saturated heterocycles. The summed E-state index contributed by atoms with van der Waals surface area (Å²) < 4.78 is 6.83. The second kappa shape index (κ2) is 9.69. The van der Waals surface area contributed by atoms with E-state index in [1.54, 1.807) is 42.1 Å². The fourth-order valence-corrected chi connectivity index (χ4v) is 3.22. The minimum atomic E-state index is -0.284. The average molecular weight is 418 g/mol. The summed E-state index contributed by atoms with van der Waals surface area (Å²) in [6.07, 6.45) is 3.05. The van der Waals surface area contributed by atoms with E-state index in [0.717, 1.165) is 18.8 Å².